The highest BCUT2D eigenvalue weighted by Gasteiger charge is 2.52. The Balaban J connectivity index is 2.67. The lowest BCUT2D eigenvalue weighted by molar-refractivity contribution is -0.165. The van der Waals surface area contributed by atoms with Gasteiger partial charge in [-0.3, -0.25) is 28.8 Å². The first kappa shape index (κ1) is 37.0. The number of carbonyl (C=O) groups excluding carboxylic acids is 6. The Morgan fingerprint density at radius 3 is 2.11 bits per heavy atom. The molecule has 2 aliphatic heterocycles. The first-order valence-corrected chi connectivity index (χ1v) is 16.0. The number of hydrogen-bond acceptors (Lipinski definition) is 7. The number of rotatable bonds is 5. The second kappa shape index (κ2) is 14.7. The first-order chi connectivity index (χ1) is 20.3. The topological polar surface area (TPSA) is 145 Å². The molecule has 0 aromatic rings. The van der Waals surface area contributed by atoms with Crippen LogP contribution >= 0.6 is 0 Å². The lowest BCUT2D eigenvalue weighted by Gasteiger charge is -2.44. The van der Waals surface area contributed by atoms with Crippen molar-refractivity contribution in [3.05, 3.63) is 0 Å². The number of fused-ring (bicyclic) bond motifs is 1. The average Bonchev–Trinajstić information content (AvgIpc) is 3.36. The van der Waals surface area contributed by atoms with Crippen molar-refractivity contribution < 1.29 is 33.5 Å². The van der Waals surface area contributed by atoms with E-state index in [0.29, 0.717) is 25.8 Å². The summed E-state index contributed by atoms with van der Waals surface area (Å²) in [5, 5.41) is 5.69. The van der Waals surface area contributed by atoms with Crippen molar-refractivity contribution in [2.75, 3.05) is 27.2 Å². The third-order valence-electron chi connectivity index (χ3n) is 9.60. The molecule has 44 heavy (non-hydrogen) atoms. The summed E-state index contributed by atoms with van der Waals surface area (Å²) in [6.07, 6.45) is 0.476. The number of cyclic esters (lactones) is 1. The summed E-state index contributed by atoms with van der Waals surface area (Å²) in [6, 6.07) is -1.81. The monoisotopic (exact) mass is 621 g/mol. The summed E-state index contributed by atoms with van der Waals surface area (Å²) >= 11 is 0. The molecule has 250 valence electrons. The molecule has 0 spiro atoms. The lowest BCUT2D eigenvalue weighted by atomic mass is 9.81. The van der Waals surface area contributed by atoms with Gasteiger partial charge in [-0.2, -0.15) is 0 Å². The maximum atomic E-state index is 14.4. The molecule has 6 atom stereocenters. The molecule has 2 rings (SSSR count). The number of hydrogen-bond donors (Lipinski definition) is 2. The van der Waals surface area contributed by atoms with Crippen molar-refractivity contribution in [1.82, 2.24) is 25.3 Å². The highest BCUT2D eigenvalue weighted by molar-refractivity contribution is 5.99. The maximum Gasteiger partial charge on any atom is 0.308 e. The van der Waals surface area contributed by atoms with Crippen LogP contribution in [0.1, 0.15) is 94.4 Å². The van der Waals surface area contributed by atoms with E-state index in [1.165, 1.54) is 21.7 Å². The van der Waals surface area contributed by atoms with Crippen molar-refractivity contribution in [1.29, 1.82) is 0 Å². The van der Waals surface area contributed by atoms with E-state index in [2.05, 4.69) is 10.6 Å². The molecule has 0 bridgehead atoms. The second-order valence-corrected chi connectivity index (χ2v) is 13.7. The Bertz CT molecular complexity index is 1110. The number of nitrogens with one attached hydrogen (secondary N) is 2. The molecule has 0 aliphatic carbocycles. The number of carbonyl (C=O) groups is 6. The van der Waals surface area contributed by atoms with Crippen LogP contribution in [-0.4, -0.2) is 107 Å². The molecule has 5 amide bonds. The van der Waals surface area contributed by atoms with Crippen LogP contribution in [0.25, 0.3) is 0 Å². The predicted molar refractivity (Wildman–Crippen MR) is 166 cm³/mol. The molecule has 12 nitrogen and oxygen atoms in total. The van der Waals surface area contributed by atoms with E-state index in [-0.39, 0.29) is 37.1 Å². The Morgan fingerprint density at radius 1 is 0.955 bits per heavy atom. The zero-order valence-electron chi connectivity index (χ0n) is 28.6. The zero-order valence-corrected chi connectivity index (χ0v) is 28.6. The van der Waals surface area contributed by atoms with E-state index in [0.717, 1.165) is 0 Å². The molecule has 12 heteroatoms. The third kappa shape index (κ3) is 7.72. The Labute approximate surface area is 263 Å². The van der Waals surface area contributed by atoms with Gasteiger partial charge in [0.05, 0.1) is 6.42 Å². The van der Waals surface area contributed by atoms with Crippen LogP contribution in [0.15, 0.2) is 0 Å². The minimum absolute atomic E-state index is 0.0189. The van der Waals surface area contributed by atoms with Crippen LogP contribution < -0.4 is 10.6 Å². The molecule has 2 heterocycles. The van der Waals surface area contributed by atoms with Gasteiger partial charge >= 0.3 is 5.97 Å². The summed E-state index contributed by atoms with van der Waals surface area (Å²) < 4.78 is 5.66. The fourth-order valence-electron chi connectivity index (χ4n) is 6.14. The largest absolute Gasteiger partial charge is 0.452 e. The first-order valence-electron chi connectivity index (χ1n) is 16.0. The Kier molecular flexibility index (Phi) is 12.4. The molecule has 2 saturated heterocycles. The number of ether oxygens (including phenoxy) is 1. The summed E-state index contributed by atoms with van der Waals surface area (Å²) in [6.45, 7) is 16.4. The number of nitrogens with zero attached hydrogens (tertiary/aromatic N) is 3. The molecule has 0 aromatic heterocycles. The second-order valence-electron chi connectivity index (χ2n) is 13.7. The molecule has 0 aromatic carbocycles. The smallest absolute Gasteiger partial charge is 0.308 e. The van der Waals surface area contributed by atoms with Crippen molar-refractivity contribution in [2.24, 2.45) is 17.8 Å². The van der Waals surface area contributed by atoms with Crippen LogP contribution in [0.4, 0.5) is 0 Å². The molecule has 0 radical (unpaired) electrons. The minimum Gasteiger partial charge on any atom is -0.452 e. The Morgan fingerprint density at radius 2 is 1.57 bits per heavy atom. The number of esters is 1. The van der Waals surface area contributed by atoms with Gasteiger partial charge in [0.25, 0.3) is 5.91 Å². The molecular weight excluding hydrogens is 566 g/mol. The summed E-state index contributed by atoms with van der Waals surface area (Å²) in [5.74, 6) is -3.55. The van der Waals surface area contributed by atoms with Gasteiger partial charge in [-0.15, -0.1) is 0 Å². The summed E-state index contributed by atoms with van der Waals surface area (Å²) in [4.78, 5) is 86.3. The van der Waals surface area contributed by atoms with E-state index >= 15 is 0 Å². The van der Waals surface area contributed by atoms with Gasteiger partial charge in [-0.05, 0) is 57.8 Å². The van der Waals surface area contributed by atoms with E-state index < -0.39 is 64.8 Å². The van der Waals surface area contributed by atoms with Gasteiger partial charge in [-0.1, -0.05) is 48.0 Å². The standard InChI is InChI=1S/C32H55N5O7/c1-12-21(6)32(9)30(43)36(11)25(20(4)5)28(41)35(10)22(7)26(39)33-16-14-24(38)44-23(18-19(2)3)27(40)37-17-13-15-31(37,8)29(42)34-32/h19-23,25H,12-18H2,1-11H3,(H,33,39)(H,34,42)/t21-,22-,23+,25?,31-,32-/m0/s1. The van der Waals surface area contributed by atoms with E-state index in [9.17, 15) is 28.8 Å². The van der Waals surface area contributed by atoms with E-state index in [1.807, 2.05) is 41.5 Å². The minimum atomic E-state index is -1.41. The number of amides is 5. The predicted octanol–water partition coefficient (Wildman–Crippen LogP) is 2.10. The number of likely N-dealkylation sites (N-methyl/N-ethyl adjacent to an activating group) is 2. The SMILES string of the molecule is CC[C@H](C)[C@]1(C)NC(=O)[C@]2(C)CCCN2C(=O)[C@@H](CC(C)C)OC(=O)CCNC(=O)[C@H](C)N(C)C(=O)C(C(C)C)N(C)C1=O. The van der Waals surface area contributed by atoms with Crippen LogP contribution in [0.2, 0.25) is 0 Å². The maximum absolute atomic E-state index is 14.4. The van der Waals surface area contributed by atoms with Gasteiger partial charge in [0.15, 0.2) is 6.10 Å². The molecule has 2 fully saturated rings. The van der Waals surface area contributed by atoms with Gasteiger partial charge < -0.3 is 30.1 Å². The van der Waals surface area contributed by atoms with E-state index in [1.54, 1.807) is 27.8 Å². The highest BCUT2D eigenvalue weighted by atomic mass is 16.5. The molecule has 2 aliphatic rings. The lowest BCUT2D eigenvalue weighted by Crippen LogP contribution is -2.68. The van der Waals surface area contributed by atoms with Crippen LogP contribution in [-0.2, 0) is 33.5 Å². The van der Waals surface area contributed by atoms with Gasteiger partial charge in [0.1, 0.15) is 23.2 Å². The van der Waals surface area contributed by atoms with Gasteiger partial charge in [0.2, 0.25) is 23.6 Å². The summed E-state index contributed by atoms with van der Waals surface area (Å²) in [7, 11) is 3.05. The van der Waals surface area contributed by atoms with Crippen LogP contribution in [0, 0.1) is 17.8 Å². The van der Waals surface area contributed by atoms with Crippen molar-refractivity contribution >= 4 is 35.5 Å². The summed E-state index contributed by atoms with van der Waals surface area (Å²) in [5.41, 5.74) is -2.70. The fourth-order valence-corrected chi connectivity index (χ4v) is 6.14. The van der Waals surface area contributed by atoms with Crippen LogP contribution in [0.5, 0.6) is 0 Å². The highest BCUT2D eigenvalue weighted by Crippen LogP contribution is 2.34. The van der Waals surface area contributed by atoms with Gasteiger partial charge in [0, 0.05) is 27.2 Å². The average molecular weight is 622 g/mol. The van der Waals surface area contributed by atoms with Crippen LogP contribution in [0.3, 0.4) is 0 Å². The van der Waals surface area contributed by atoms with E-state index in [4.69, 9.17) is 4.74 Å². The third-order valence-corrected chi connectivity index (χ3v) is 9.60. The molecule has 1 unspecified atom stereocenters. The van der Waals surface area contributed by atoms with Crippen molar-refractivity contribution in [3.8, 4) is 0 Å². The Hall–Kier alpha value is -3.18. The van der Waals surface area contributed by atoms with Gasteiger partial charge in [-0.25, -0.2) is 0 Å². The zero-order chi connectivity index (χ0) is 33.7. The van der Waals surface area contributed by atoms with Crippen molar-refractivity contribution in [3.63, 3.8) is 0 Å². The fraction of sp³-hybridized carbons (Fsp3) is 0.812. The normalized spacial score (nSPS) is 31.3. The quantitative estimate of drug-likeness (QED) is 0.447. The molecule has 2 N–H and O–H groups in total. The molecular formula is C32H55N5O7. The molecule has 0 saturated carbocycles. The van der Waals surface area contributed by atoms with Crippen molar-refractivity contribution in [2.45, 2.75) is 124 Å².